The molecule has 10 nitrogen and oxygen atoms in total. The molecule has 1 aliphatic carbocycles. The number of nitrogens with zero attached hydrogens (tertiary/aromatic N) is 4. The molecular weight excluding hydrogens is 534 g/mol. The molecule has 3 aromatic rings. The van der Waals surface area contributed by atoms with Crippen LogP contribution in [-0.2, 0) is 10.3 Å². The van der Waals surface area contributed by atoms with E-state index in [0.29, 0.717) is 31.8 Å². The lowest BCUT2D eigenvalue weighted by Crippen LogP contribution is -2.73. The Bertz CT molecular complexity index is 1410. The minimum absolute atomic E-state index is 0.00671. The first-order chi connectivity index (χ1) is 19.3. The summed E-state index contributed by atoms with van der Waals surface area (Å²) in [6.45, 7) is 6.31. The Morgan fingerprint density at radius 3 is 2.49 bits per heavy atom. The average molecular weight is 569 g/mol. The van der Waals surface area contributed by atoms with E-state index in [2.05, 4.69) is 30.7 Å². The first-order valence-corrected chi connectivity index (χ1v) is 13.6. The third-order valence-electron chi connectivity index (χ3n) is 7.95. The van der Waals surface area contributed by atoms with Crippen molar-refractivity contribution in [2.24, 2.45) is 0 Å². The van der Waals surface area contributed by atoms with E-state index in [1.807, 2.05) is 6.92 Å². The summed E-state index contributed by atoms with van der Waals surface area (Å²) in [4.78, 5) is 37.3. The number of halogens is 2. The Labute approximate surface area is 236 Å². The minimum Gasteiger partial charge on any atom is -0.390 e. The molecule has 1 aromatic carbocycles. The van der Waals surface area contributed by atoms with Crippen LogP contribution in [-0.4, -0.2) is 67.2 Å². The number of hydrogen-bond donors (Lipinski definition) is 3. The second-order valence-electron chi connectivity index (χ2n) is 12.0. The van der Waals surface area contributed by atoms with Crippen molar-refractivity contribution in [3.8, 4) is 11.3 Å². The van der Waals surface area contributed by atoms with Crippen LogP contribution in [0.3, 0.4) is 0 Å². The van der Waals surface area contributed by atoms with Gasteiger partial charge in [-0.15, -0.1) is 0 Å². The van der Waals surface area contributed by atoms with E-state index >= 15 is 0 Å². The number of aliphatic hydroxyl groups is 1. The number of benzene rings is 1. The quantitative estimate of drug-likeness (QED) is 0.377. The van der Waals surface area contributed by atoms with Crippen molar-refractivity contribution in [3.05, 3.63) is 65.9 Å². The third-order valence-corrected chi connectivity index (χ3v) is 7.95. The highest BCUT2D eigenvalue weighted by atomic mass is 19.1. The fourth-order valence-electron chi connectivity index (χ4n) is 5.70. The van der Waals surface area contributed by atoms with Gasteiger partial charge in [-0.3, -0.25) is 14.5 Å². The van der Waals surface area contributed by atoms with Gasteiger partial charge in [-0.25, -0.2) is 18.7 Å². The zero-order valence-corrected chi connectivity index (χ0v) is 23.3. The van der Waals surface area contributed by atoms with Crippen molar-refractivity contribution in [2.45, 2.75) is 75.6 Å². The highest BCUT2D eigenvalue weighted by Gasteiger charge is 2.49. The maximum atomic E-state index is 14.2. The zero-order chi connectivity index (χ0) is 29.4. The van der Waals surface area contributed by atoms with E-state index in [0.717, 1.165) is 25.0 Å². The van der Waals surface area contributed by atoms with Gasteiger partial charge in [0.2, 0.25) is 5.91 Å². The molecule has 3 heterocycles. The van der Waals surface area contributed by atoms with Gasteiger partial charge in [-0.1, -0.05) is 5.16 Å². The Balaban J connectivity index is 1.31. The molecule has 0 atom stereocenters. The number of likely N-dealkylation sites (tertiary alicyclic amines) is 1. The van der Waals surface area contributed by atoms with Crippen molar-refractivity contribution in [2.75, 3.05) is 13.1 Å². The van der Waals surface area contributed by atoms with E-state index in [4.69, 9.17) is 4.52 Å². The van der Waals surface area contributed by atoms with E-state index in [9.17, 15) is 23.5 Å². The normalized spacial score (nSPS) is 22.5. The number of carbonyl (C=O) groups is 2. The van der Waals surface area contributed by atoms with Crippen LogP contribution in [0.5, 0.6) is 0 Å². The topological polar surface area (TPSA) is 133 Å². The summed E-state index contributed by atoms with van der Waals surface area (Å²) in [5, 5.41) is 20.1. The van der Waals surface area contributed by atoms with Gasteiger partial charge < -0.3 is 20.3 Å². The van der Waals surface area contributed by atoms with Crippen LogP contribution in [0.2, 0.25) is 0 Å². The molecule has 2 aliphatic rings. The monoisotopic (exact) mass is 568 g/mol. The molecule has 1 saturated carbocycles. The molecule has 0 spiro atoms. The average Bonchev–Trinajstić information content (AvgIpc) is 3.37. The van der Waals surface area contributed by atoms with Gasteiger partial charge in [0, 0.05) is 43.7 Å². The fraction of sp³-hybridized carbons (Fsp3) is 0.483. The molecule has 0 bridgehead atoms. The second-order valence-corrected chi connectivity index (χ2v) is 12.0. The maximum absolute atomic E-state index is 14.2. The molecule has 218 valence electrons. The van der Waals surface area contributed by atoms with Gasteiger partial charge in [0.25, 0.3) is 5.91 Å². The summed E-state index contributed by atoms with van der Waals surface area (Å²) >= 11 is 0. The molecular formula is C29H34F2N6O4. The highest BCUT2D eigenvalue weighted by molar-refractivity contribution is 5.94. The maximum Gasteiger partial charge on any atom is 0.274 e. The standard InChI is InChI=1S/C29H34F2N6O4/c1-27(2,26-32-11-4-12-33-26)34-24(38)15-29(16-37(17-29)19-7-9-28(3,40)10-8-19)35-25(39)22-14-23(41-36-22)20-6-5-18(30)13-21(20)31/h4-6,11-14,19,40H,7-10,15-17H2,1-3H3,(H,34,38)(H,35,39). The molecule has 12 heteroatoms. The van der Waals surface area contributed by atoms with Crippen LogP contribution in [0.25, 0.3) is 11.3 Å². The number of aromatic nitrogens is 3. The van der Waals surface area contributed by atoms with Gasteiger partial charge >= 0.3 is 0 Å². The molecule has 2 amide bonds. The van der Waals surface area contributed by atoms with Crippen LogP contribution in [0.4, 0.5) is 8.78 Å². The summed E-state index contributed by atoms with van der Waals surface area (Å²) in [7, 11) is 0. The van der Waals surface area contributed by atoms with Crippen molar-refractivity contribution in [3.63, 3.8) is 0 Å². The summed E-state index contributed by atoms with van der Waals surface area (Å²) in [5.74, 6) is -2.00. The Kier molecular flexibility index (Phi) is 7.64. The highest BCUT2D eigenvalue weighted by Crippen LogP contribution is 2.36. The molecule has 0 radical (unpaired) electrons. The summed E-state index contributed by atoms with van der Waals surface area (Å²) in [6, 6.07) is 6.23. The zero-order valence-electron chi connectivity index (χ0n) is 23.3. The first kappa shape index (κ1) is 28.7. The Morgan fingerprint density at radius 1 is 1.15 bits per heavy atom. The molecule has 1 saturated heterocycles. The van der Waals surface area contributed by atoms with Crippen molar-refractivity contribution < 1.29 is 28.0 Å². The number of hydrogen-bond acceptors (Lipinski definition) is 8. The third kappa shape index (κ3) is 6.43. The van der Waals surface area contributed by atoms with Crippen molar-refractivity contribution in [1.82, 2.24) is 30.7 Å². The SMILES string of the molecule is CC1(O)CCC(N2CC(CC(=O)NC(C)(C)c3ncccn3)(NC(=O)c3cc(-c4ccc(F)cc4F)on3)C2)CC1. The first-order valence-electron chi connectivity index (χ1n) is 13.6. The molecule has 3 N–H and O–H groups in total. The molecule has 41 heavy (non-hydrogen) atoms. The van der Waals surface area contributed by atoms with Gasteiger partial charge in [0.1, 0.15) is 11.6 Å². The summed E-state index contributed by atoms with van der Waals surface area (Å²) in [5.41, 5.74) is -2.53. The number of carbonyl (C=O) groups excluding carboxylic acids is 2. The fourth-order valence-corrected chi connectivity index (χ4v) is 5.70. The molecule has 0 unspecified atom stereocenters. The van der Waals surface area contributed by atoms with E-state index < -0.39 is 34.2 Å². The van der Waals surface area contributed by atoms with Crippen LogP contribution < -0.4 is 10.6 Å². The predicted octanol–water partition coefficient (Wildman–Crippen LogP) is 3.33. The molecule has 2 fully saturated rings. The smallest absolute Gasteiger partial charge is 0.274 e. The Hall–Kier alpha value is -3.77. The van der Waals surface area contributed by atoms with Crippen LogP contribution >= 0.6 is 0 Å². The molecule has 5 rings (SSSR count). The lowest BCUT2D eigenvalue weighted by atomic mass is 9.78. The lowest BCUT2D eigenvalue weighted by molar-refractivity contribution is -0.127. The molecule has 1 aliphatic heterocycles. The van der Waals surface area contributed by atoms with Crippen LogP contribution in [0.15, 0.2) is 47.2 Å². The lowest BCUT2D eigenvalue weighted by Gasteiger charge is -2.54. The van der Waals surface area contributed by atoms with Crippen molar-refractivity contribution >= 4 is 11.8 Å². The summed E-state index contributed by atoms with van der Waals surface area (Å²) < 4.78 is 32.8. The molecule has 2 aromatic heterocycles. The van der Waals surface area contributed by atoms with Gasteiger partial charge in [-0.05, 0) is 64.7 Å². The predicted molar refractivity (Wildman–Crippen MR) is 144 cm³/mol. The van der Waals surface area contributed by atoms with E-state index in [1.54, 1.807) is 32.3 Å². The van der Waals surface area contributed by atoms with Crippen molar-refractivity contribution in [1.29, 1.82) is 0 Å². The van der Waals surface area contributed by atoms with Crippen LogP contribution in [0.1, 0.15) is 69.2 Å². The number of amides is 2. The van der Waals surface area contributed by atoms with Gasteiger partial charge in [0.15, 0.2) is 17.3 Å². The van der Waals surface area contributed by atoms with Gasteiger partial charge in [-0.2, -0.15) is 0 Å². The van der Waals surface area contributed by atoms with E-state index in [-0.39, 0.29) is 35.4 Å². The Morgan fingerprint density at radius 2 is 1.83 bits per heavy atom. The largest absolute Gasteiger partial charge is 0.390 e. The number of rotatable bonds is 8. The summed E-state index contributed by atoms with van der Waals surface area (Å²) in [6.07, 6.45) is 6.20. The van der Waals surface area contributed by atoms with Gasteiger partial charge in [0.05, 0.1) is 28.7 Å². The minimum atomic E-state index is -0.894. The number of nitrogens with one attached hydrogen (secondary N) is 2. The second kappa shape index (κ2) is 10.9. The van der Waals surface area contributed by atoms with E-state index in [1.165, 1.54) is 12.1 Å². The van der Waals surface area contributed by atoms with Crippen LogP contribution in [0, 0.1) is 11.6 Å².